The standard InChI is InChI=1S/C16H27N3O2/c20-15(17-11-6-2-1-3-7-11)10-14-16(21)19-13-9-5-4-8-12(13)18-14/h11-14,18H,1-10H2,(H,17,20)(H,19,21)/t12-,13-,14+/m1/s1. The average Bonchev–Trinajstić information content (AvgIpc) is 2.49. The smallest absolute Gasteiger partial charge is 0.237 e. The molecule has 2 saturated carbocycles. The zero-order valence-corrected chi connectivity index (χ0v) is 12.7. The van der Waals surface area contributed by atoms with E-state index in [0.717, 1.165) is 25.7 Å². The molecule has 3 N–H and O–H groups in total. The van der Waals surface area contributed by atoms with E-state index >= 15 is 0 Å². The maximum atomic E-state index is 12.2. The van der Waals surface area contributed by atoms with Crippen LogP contribution in [-0.4, -0.2) is 36.0 Å². The van der Waals surface area contributed by atoms with Gasteiger partial charge in [-0.15, -0.1) is 0 Å². The molecule has 118 valence electrons. The van der Waals surface area contributed by atoms with Crippen molar-refractivity contribution in [3.8, 4) is 0 Å². The molecule has 1 heterocycles. The van der Waals surface area contributed by atoms with Crippen molar-refractivity contribution in [3.63, 3.8) is 0 Å². The Balaban J connectivity index is 1.49. The minimum atomic E-state index is -0.354. The van der Waals surface area contributed by atoms with E-state index in [4.69, 9.17) is 0 Å². The molecule has 2 aliphatic carbocycles. The predicted molar refractivity (Wildman–Crippen MR) is 80.7 cm³/mol. The number of carbonyl (C=O) groups is 2. The van der Waals surface area contributed by atoms with E-state index in [0.29, 0.717) is 12.1 Å². The fourth-order valence-corrected chi connectivity index (χ4v) is 3.99. The fraction of sp³-hybridized carbons (Fsp3) is 0.875. The summed E-state index contributed by atoms with van der Waals surface area (Å²) in [6, 6.07) is 0.584. The van der Waals surface area contributed by atoms with Gasteiger partial charge in [-0.2, -0.15) is 0 Å². The lowest BCUT2D eigenvalue weighted by molar-refractivity contribution is -0.131. The monoisotopic (exact) mass is 293 g/mol. The van der Waals surface area contributed by atoms with Crippen molar-refractivity contribution in [1.82, 2.24) is 16.0 Å². The van der Waals surface area contributed by atoms with Crippen LogP contribution in [0.25, 0.3) is 0 Å². The van der Waals surface area contributed by atoms with Gasteiger partial charge in [-0.25, -0.2) is 0 Å². The second kappa shape index (κ2) is 6.77. The largest absolute Gasteiger partial charge is 0.353 e. The van der Waals surface area contributed by atoms with Crippen LogP contribution in [0, 0.1) is 0 Å². The highest BCUT2D eigenvalue weighted by molar-refractivity contribution is 5.89. The topological polar surface area (TPSA) is 70.2 Å². The van der Waals surface area contributed by atoms with Crippen molar-refractivity contribution in [3.05, 3.63) is 0 Å². The fourth-order valence-electron chi connectivity index (χ4n) is 3.99. The molecule has 1 saturated heterocycles. The molecule has 0 aromatic rings. The summed E-state index contributed by atoms with van der Waals surface area (Å²) in [5.74, 6) is 0.0146. The van der Waals surface area contributed by atoms with Gasteiger partial charge in [-0.3, -0.25) is 9.59 Å². The Kier molecular flexibility index (Phi) is 4.78. The third-order valence-corrected chi connectivity index (χ3v) is 5.19. The summed E-state index contributed by atoms with van der Waals surface area (Å²) in [4.78, 5) is 24.3. The molecule has 5 nitrogen and oxygen atoms in total. The minimum absolute atomic E-state index is 0.00283. The lowest BCUT2D eigenvalue weighted by Gasteiger charge is -2.40. The first-order valence-electron chi connectivity index (χ1n) is 8.58. The van der Waals surface area contributed by atoms with Crippen molar-refractivity contribution in [1.29, 1.82) is 0 Å². The van der Waals surface area contributed by atoms with E-state index in [9.17, 15) is 9.59 Å². The Labute approximate surface area is 126 Å². The maximum absolute atomic E-state index is 12.2. The summed E-state index contributed by atoms with van der Waals surface area (Å²) in [6.45, 7) is 0. The Morgan fingerprint density at radius 2 is 1.67 bits per heavy atom. The van der Waals surface area contributed by atoms with Gasteiger partial charge in [-0.05, 0) is 25.7 Å². The molecule has 0 bridgehead atoms. The first-order valence-corrected chi connectivity index (χ1v) is 8.58. The van der Waals surface area contributed by atoms with Crippen molar-refractivity contribution in [2.75, 3.05) is 0 Å². The molecule has 21 heavy (non-hydrogen) atoms. The van der Waals surface area contributed by atoms with Crippen molar-refractivity contribution in [2.45, 2.75) is 88.4 Å². The van der Waals surface area contributed by atoms with Gasteiger partial charge in [0, 0.05) is 18.1 Å². The molecule has 3 aliphatic rings. The molecule has 0 spiro atoms. The van der Waals surface area contributed by atoms with Gasteiger partial charge in [0.2, 0.25) is 11.8 Å². The van der Waals surface area contributed by atoms with Crippen LogP contribution in [0.5, 0.6) is 0 Å². The summed E-state index contributed by atoms with van der Waals surface area (Å²) in [5.41, 5.74) is 0. The van der Waals surface area contributed by atoms with Crippen molar-refractivity contribution < 1.29 is 9.59 Å². The van der Waals surface area contributed by atoms with E-state index in [2.05, 4.69) is 16.0 Å². The van der Waals surface area contributed by atoms with Crippen LogP contribution >= 0.6 is 0 Å². The predicted octanol–water partition coefficient (Wildman–Crippen LogP) is 1.22. The SMILES string of the molecule is O=C(C[C@@H]1N[C@@H]2CCCC[C@H]2NC1=O)NC1CCCCC1. The van der Waals surface area contributed by atoms with E-state index in [1.165, 1.54) is 32.1 Å². The van der Waals surface area contributed by atoms with E-state index in [1.54, 1.807) is 0 Å². The summed E-state index contributed by atoms with van der Waals surface area (Å²) in [6.07, 6.45) is 10.7. The molecule has 2 amide bonds. The minimum Gasteiger partial charge on any atom is -0.353 e. The highest BCUT2D eigenvalue weighted by Gasteiger charge is 2.37. The van der Waals surface area contributed by atoms with Gasteiger partial charge in [0.1, 0.15) is 0 Å². The molecular weight excluding hydrogens is 266 g/mol. The van der Waals surface area contributed by atoms with E-state index < -0.39 is 0 Å². The van der Waals surface area contributed by atoms with Crippen LogP contribution in [0.4, 0.5) is 0 Å². The zero-order chi connectivity index (χ0) is 14.7. The van der Waals surface area contributed by atoms with Crippen LogP contribution in [0.3, 0.4) is 0 Å². The van der Waals surface area contributed by atoms with Crippen molar-refractivity contribution in [2.24, 2.45) is 0 Å². The number of nitrogens with one attached hydrogen (secondary N) is 3. The number of hydrogen-bond acceptors (Lipinski definition) is 3. The quantitative estimate of drug-likeness (QED) is 0.733. The lowest BCUT2D eigenvalue weighted by atomic mass is 9.87. The van der Waals surface area contributed by atoms with Crippen LogP contribution in [0.2, 0.25) is 0 Å². The van der Waals surface area contributed by atoms with Crippen molar-refractivity contribution >= 4 is 11.8 Å². The van der Waals surface area contributed by atoms with E-state index in [1.807, 2.05) is 0 Å². The Hall–Kier alpha value is -1.10. The molecule has 0 aromatic heterocycles. The molecule has 0 unspecified atom stereocenters. The zero-order valence-electron chi connectivity index (χ0n) is 12.7. The second-order valence-corrected chi connectivity index (χ2v) is 6.83. The number of piperazine rings is 1. The summed E-state index contributed by atoms with van der Waals surface area (Å²) in [7, 11) is 0. The number of hydrogen-bond donors (Lipinski definition) is 3. The molecule has 3 rings (SSSR count). The first-order chi connectivity index (χ1) is 10.2. The highest BCUT2D eigenvalue weighted by atomic mass is 16.2. The molecule has 3 fully saturated rings. The van der Waals surface area contributed by atoms with Gasteiger partial charge in [0.05, 0.1) is 12.5 Å². The first kappa shape index (κ1) is 14.8. The number of rotatable bonds is 3. The summed E-state index contributed by atoms with van der Waals surface area (Å²) >= 11 is 0. The van der Waals surface area contributed by atoms with Crippen LogP contribution in [0.15, 0.2) is 0 Å². The Bertz CT molecular complexity index is 393. The number of carbonyl (C=O) groups excluding carboxylic acids is 2. The van der Waals surface area contributed by atoms with Crippen LogP contribution < -0.4 is 16.0 Å². The van der Waals surface area contributed by atoms with Gasteiger partial charge in [-0.1, -0.05) is 32.1 Å². The van der Waals surface area contributed by atoms with Gasteiger partial charge >= 0.3 is 0 Å². The Morgan fingerprint density at radius 1 is 1.00 bits per heavy atom. The van der Waals surface area contributed by atoms with Crippen LogP contribution in [-0.2, 0) is 9.59 Å². The second-order valence-electron chi connectivity index (χ2n) is 6.83. The molecule has 1 aliphatic heterocycles. The average molecular weight is 293 g/mol. The summed E-state index contributed by atoms with van der Waals surface area (Å²) < 4.78 is 0. The highest BCUT2D eigenvalue weighted by Crippen LogP contribution is 2.22. The van der Waals surface area contributed by atoms with Gasteiger partial charge in [0.15, 0.2) is 0 Å². The molecular formula is C16H27N3O2. The normalized spacial score (nSPS) is 33.9. The third kappa shape index (κ3) is 3.76. The number of fused-ring (bicyclic) bond motifs is 1. The third-order valence-electron chi connectivity index (χ3n) is 5.19. The van der Waals surface area contributed by atoms with Crippen LogP contribution in [0.1, 0.15) is 64.2 Å². The Morgan fingerprint density at radius 3 is 2.43 bits per heavy atom. The molecule has 3 atom stereocenters. The molecule has 0 radical (unpaired) electrons. The van der Waals surface area contributed by atoms with E-state index in [-0.39, 0.29) is 30.3 Å². The summed E-state index contributed by atoms with van der Waals surface area (Å²) in [5, 5.41) is 9.60. The molecule has 0 aromatic carbocycles. The van der Waals surface area contributed by atoms with Gasteiger partial charge in [0.25, 0.3) is 0 Å². The van der Waals surface area contributed by atoms with Gasteiger partial charge < -0.3 is 16.0 Å². The molecule has 5 heteroatoms. The number of amides is 2. The maximum Gasteiger partial charge on any atom is 0.237 e. The lowest BCUT2D eigenvalue weighted by Crippen LogP contribution is -2.65.